The Hall–Kier alpha value is -3.40. The van der Waals surface area contributed by atoms with Crippen molar-refractivity contribution in [2.45, 2.75) is 90.1 Å². The molecule has 2 atom stereocenters. The van der Waals surface area contributed by atoms with Gasteiger partial charge in [-0.05, 0) is 78.8 Å². The summed E-state index contributed by atoms with van der Waals surface area (Å²) in [5.74, 6) is -1.20. The minimum atomic E-state index is -4.52. The molecular formula is C32H40F3N3O4. The van der Waals surface area contributed by atoms with E-state index in [1.165, 1.54) is 6.07 Å². The van der Waals surface area contributed by atoms with Crippen LogP contribution in [0.15, 0.2) is 48.5 Å². The summed E-state index contributed by atoms with van der Waals surface area (Å²) in [7, 11) is 0. The highest BCUT2D eigenvalue weighted by Crippen LogP contribution is 2.50. The first kappa shape index (κ1) is 31.5. The zero-order valence-corrected chi connectivity index (χ0v) is 24.6. The molecule has 1 saturated heterocycles. The number of hydrogen-bond acceptors (Lipinski definition) is 4. The normalized spacial score (nSPS) is 23.7. The molecule has 1 aliphatic heterocycles. The number of halogens is 3. The number of carboxylic acid groups (broad SMARTS) is 1. The summed E-state index contributed by atoms with van der Waals surface area (Å²) >= 11 is 0. The van der Waals surface area contributed by atoms with Gasteiger partial charge in [-0.3, -0.25) is 19.7 Å². The molecule has 42 heavy (non-hydrogen) atoms. The van der Waals surface area contributed by atoms with Crippen LogP contribution in [-0.4, -0.2) is 40.0 Å². The highest BCUT2D eigenvalue weighted by molar-refractivity contribution is 5.94. The van der Waals surface area contributed by atoms with E-state index in [1.54, 1.807) is 30.3 Å². The number of aliphatic carboxylic acids is 1. The molecule has 2 unspecified atom stereocenters. The molecule has 2 aromatic carbocycles. The predicted molar refractivity (Wildman–Crippen MR) is 152 cm³/mol. The first-order valence-electron chi connectivity index (χ1n) is 14.5. The van der Waals surface area contributed by atoms with Crippen molar-refractivity contribution in [1.29, 1.82) is 0 Å². The van der Waals surface area contributed by atoms with Gasteiger partial charge in [0, 0.05) is 12.1 Å². The lowest BCUT2D eigenvalue weighted by Crippen LogP contribution is -2.56. The number of hydrogen-bond donors (Lipinski definition) is 3. The lowest BCUT2D eigenvalue weighted by atomic mass is 9.69. The molecule has 2 amide bonds. The summed E-state index contributed by atoms with van der Waals surface area (Å²) in [6, 6.07) is 10.6. The summed E-state index contributed by atoms with van der Waals surface area (Å²) in [5, 5.41) is 14.9. The molecule has 1 saturated carbocycles. The SMILES string of the molecule is CCC(c1ccc(C(=O)NCCC(=O)O)cc1)N1C(=O)C(c2cccc(C(F)(F)F)c2)NC12CCC(C(C)(C)C)CC2. The van der Waals surface area contributed by atoms with Crippen LogP contribution in [0.3, 0.4) is 0 Å². The van der Waals surface area contributed by atoms with E-state index in [9.17, 15) is 27.6 Å². The van der Waals surface area contributed by atoms with Crippen LogP contribution in [-0.2, 0) is 15.8 Å². The third kappa shape index (κ3) is 6.64. The zero-order valence-electron chi connectivity index (χ0n) is 24.6. The fourth-order valence-corrected chi connectivity index (χ4v) is 6.48. The highest BCUT2D eigenvalue weighted by atomic mass is 19.4. The van der Waals surface area contributed by atoms with Crippen molar-refractivity contribution in [3.05, 3.63) is 70.8 Å². The van der Waals surface area contributed by atoms with Crippen LogP contribution in [0.25, 0.3) is 0 Å². The fraction of sp³-hybridized carbons (Fsp3) is 0.531. The molecule has 0 aromatic heterocycles. The quantitative estimate of drug-likeness (QED) is 0.329. The van der Waals surface area contributed by atoms with Crippen molar-refractivity contribution in [3.63, 3.8) is 0 Å². The van der Waals surface area contributed by atoms with Gasteiger partial charge in [-0.1, -0.05) is 52.0 Å². The number of carboxylic acids is 1. The van der Waals surface area contributed by atoms with Crippen molar-refractivity contribution in [1.82, 2.24) is 15.5 Å². The summed E-state index contributed by atoms with van der Waals surface area (Å²) in [6.45, 7) is 8.61. The van der Waals surface area contributed by atoms with Crippen LogP contribution in [0, 0.1) is 11.3 Å². The number of benzene rings is 2. The molecule has 7 nitrogen and oxygen atoms in total. The lowest BCUT2D eigenvalue weighted by Gasteiger charge is -2.48. The average molecular weight is 588 g/mol. The van der Waals surface area contributed by atoms with Gasteiger partial charge in [0.05, 0.1) is 23.7 Å². The molecule has 10 heteroatoms. The Morgan fingerprint density at radius 3 is 2.29 bits per heavy atom. The van der Waals surface area contributed by atoms with Crippen molar-refractivity contribution < 1.29 is 32.7 Å². The van der Waals surface area contributed by atoms with Crippen molar-refractivity contribution in [2.24, 2.45) is 11.3 Å². The van der Waals surface area contributed by atoms with Gasteiger partial charge in [0.1, 0.15) is 6.04 Å². The highest BCUT2D eigenvalue weighted by Gasteiger charge is 2.55. The van der Waals surface area contributed by atoms with E-state index in [0.29, 0.717) is 30.7 Å². The summed E-state index contributed by atoms with van der Waals surface area (Å²) in [5.41, 5.74) is 0.0655. The Kier molecular flexibility index (Phi) is 9.06. The Balaban J connectivity index is 1.66. The second kappa shape index (κ2) is 12.1. The van der Waals surface area contributed by atoms with Crippen LogP contribution in [0.2, 0.25) is 0 Å². The minimum Gasteiger partial charge on any atom is -0.481 e. The first-order chi connectivity index (χ1) is 19.7. The van der Waals surface area contributed by atoms with Crippen LogP contribution in [0.1, 0.15) is 105 Å². The number of nitrogens with zero attached hydrogens (tertiary/aromatic N) is 1. The molecule has 1 aliphatic carbocycles. The molecule has 4 rings (SSSR count). The van der Waals surface area contributed by atoms with E-state index in [4.69, 9.17) is 5.11 Å². The third-order valence-electron chi connectivity index (χ3n) is 8.82. The van der Waals surface area contributed by atoms with Crippen molar-refractivity contribution in [2.75, 3.05) is 6.54 Å². The second-order valence-corrected chi connectivity index (χ2v) is 12.5. The van der Waals surface area contributed by atoms with E-state index in [1.807, 2.05) is 11.8 Å². The van der Waals surface area contributed by atoms with Gasteiger partial charge in [-0.15, -0.1) is 0 Å². The molecule has 2 aromatic rings. The van der Waals surface area contributed by atoms with E-state index < -0.39 is 35.3 Å². The van der Waals surface area contributed by atoms with Gasteiger partial charge in [-0.25, -0.2) is 0 Å². The maximum absolute atomic E-state index is 14.2. The van der Waals surface area contributed by atoms with Gasteiger partial charge < -0.3 is 15.3 Å². The molecule has 1 heterocycles. The Morgan fingerprint density at radius 1 is 1.10 bits per heavy atom. The van der Waals surface area contributed by atoms with E-state index >= 15 is 0 Å². The Morgan fingerprint density at radius 2 is 1.74 bits per heavy atom. The number of alkyl halides is 3. The molecule has 2 fully saturated rings. The number of carbonyl (C=O) groups excluding carboxylic acids is 2. The largest absolute Gasteiger partial charge is 0.481 e. The monoisotopic (exact) mass is 587 g/mol. The van der Waals surface area contributed by atoms with Crippen molar-refractivity contribution in [3.8, 4) is 0 Å². The lowest BCUT2D eigenvalue weighted by molar-refractivity contribution is -0.139. The van der Waals surface area contributed by atoms with E-state index in [-0.39, 0.29) is 35.9 Å². The fourth-order valence-electron chi connectivity index (χ4n) is 6.48. The zero-order chi connectivity index (χ0) is 30.9. The number of carbonyl (C=O) groups is 3. The Labute approximate surface area is 244 Å². The molecule has 0 radical (unpaired) electrons. The van der Waals surface area contributed by atoms with Crippen molar-refractivity contribution >= 4 is 17.8 Å². The minimum absolute atomic E-state index is 0.0104. The smallest absolute Gasteiger partial charge is 0.416 e. The number of nitrogens with one attached hydrogen (secondary N) is 2. The van der Waals surface area contributed by atoms with Gasteiger partial charge >= 0.3 is 12.1 Å². The third-order valence-corrected chi connectivity index (χ3v) is 8.82. The topological polar surface area (TPSA) is 98.7 Å². The number of rotatable bonds is 8. The summed E-state index contributed by atoms with van der Waals surface area (Å²) < 4.78 is 40.7. The summed E-state index contributed by atoms with van der Waals surface area (Å²) in [4.78, 5) is 39.3. The van der Waals surface area contributed by atoms with E-state index in [2.05, 4.69) is 31.4 Å². The number of amides is 2. The molecule has 228 valence electrons. The molecule has 1 spiro atoms. The molecule has 3 N–H and O–H groups in total. The van der Waals surface area contributed by atoms with Gasteiger partial charge in [-0.2, -0.15) is 13.2 Å². The van der Waals surface area contributed by atoms with Crippen LogP contribution in [0.4, 0.5) is 13.2 Å². The molecule has 0 bridgehead atoms. The molecule has 2 aliphatic rings. The van der Waals surface area contributed by atoms with E-state index in [0.717, 1.165) is 30.5 Å². The maximum atomic E-state index is 14.2. The second-order valence-electron chi connectivity index (χ2n) is 12.5. The van der Waals surface area contributed by atoms with Gasteiger partial charge in [0.2, 0.25) is 5.91 Å². The average Bonchev–Trinajstić information content (AvgIpc) is 3.20. The van der Waals surface area contributed by atoms with Gasteiger partial charge in [0.25, 0.3) is 5.91 Å². The summed E-state index contributed by atoms with van der Waals surface area (Å²) in [6.07, 6.45) is -1.03. The van der Waals surface area contributed by atoms with Gasteiger partial charge in [0.15, 0.2) is 0 Å². The first-order valence-corrected chi connectivity index (χ1v) is 14.5. The predicted octanol–water partition coefficient (Wildman–Crippen LogP) is 6.47. The van der Waals surface area contributed by atoms with Crippen LogP contribution in [0.5, 0.6) is 0 Å². The molecular weight excluding hydrogens is 547 g/mol. The Bertz CT molecular complexity index is 1300. The van der Waals surface area contributed by atoms with Crippen LogP contribution >= 0.6 is 0 Å². The maximum Gasteiger partial charge on any atom is 0.416 e. The standard InChI is InChI=1S/C32H40F3N3O4/c1-5-25(20-9-11-21(12-10-20)28(41)36-18-15-26(39)40)38-29(42)27(22-7-6-8-24(19-22)32(33,34)35)37-31(38)16-13-23(14-17-31)30(2,3)4/h6-12,19,23,25,27,37H,5,13-18H2,1-4H3,(H,36,41)(H,39,40). The van der Waals surface area contributed by atoms with Crippen LogP contribution < -0.4 is 10.6 Å².